The second kappa shape index (κ2) is 7.57. The van der Waals surface area contributed by atoms with E-state index in [0.29, 0.717) is 28.6 Å². The summed E-state index contributed by atoms with van der Waals surface area (Å²) in [6, 6.07) is 8.30. The second-order valence-electron chi connectivity index (χ2n) is 8.18. The molecule has 158 valence electrons. The van der Waals surface area contributed by atoms with E-state index in [1.807, 2.05) is 23.1 Å². The first-order valence-electron chi connectivity index (χ1n) is 10.3. The number of carbonyl (C=O) groups is 1. The van der Waals surface area contributed by atoms with E-state index in [4.69, 9.17) is 0 Å². The van der Waals surface area contributed by atoms with Crippen LogP contribution in [0.1, 0.15) is 43.1 Å². The van der Waals surface area contributed by atoms with Gasteiger partial charge in [-0.1, -0.05) is 6.07 Å². The largest absolute Gasteiger partial charge is 0.310 e. The number of nitrogens with one attached hydrogen (secondary N) is 1. The number of carbonyl (C=O) groups excluding carboxylic acids is 1. The second-order valence-corrected chi connectivity index (χ2v) is 8.18. The topological polar surface area (TPSA) is 90.5 Å². The summed E-state index contributed by atoms with van der Waals surface area (Å²) in [6.45, 7) is 4.83. The summed E-state index contributed by atoms with van der Waals surface area (Å²) in [7, 11) is 0. The molecule has 0 aliphatic heterocycles. The molecule has 0 atom stereocenters. The van der Waals surface area contributed by atoms with Gasteiger partial charge in [0.1, 0.15) is 23.7 Å². The predicted molar refractivity (Wildman–Crippen MR) is 114 cm³/mol. The Kier molecular flexibility index (Phi) is 4.72. The number of nitrogens with zero attached hydrogens (tertiary/aromatic N) is 6. The molecule has 0 unspecified atom stereocenters. The molecule has 3 aromatic heterocycles. The molecule has 1 fully saturated rings. The van der Waals surface area contributed by atoms with Crippen LogP contribution in [0.25, 0.3) is 22.4 Å². The fourth-order valence-corrected chi connectivity index (χ4v) is 3.58. The third-order valence-electron chi connectivity index (χ3n) is 5.45. The minimum atomic E-state index is -0.591. The molecule has 4 aromatic rings. The van der Waals surface area contributed by atoms with E-state index in [1.54, 1.807) is 36.8 Å². The Morgan fingerprint density at radius 3 is 2.90 bits per heavy atom. The molecule has 0 bridgehead atoms. The van der Waals surface area contributed by atoms with Gasteiger partial charge < -0.3 is 9.88 Å². The van der Waals surface area contributed by atoms with Gasteiger partial charge in [0.2, 0.25) is 0 Å². The van der Waals surface area contributed by atoms with E-state index in [-0.39, 0.29) is 11.6 Å². The van der Waals surface area contributed by atoms with E-state index in [1.165, 1.54) is 18.9 Å². The standard InChI is InChI=1S/C22H22FN7O/c1-13(2)29-12-24-28-21(29)18-4-3-5-20(26-18)27-22(31)16-9-19-15(8-17(16)23)10-25-30(19)11-14-6-7-14/h3-5,8-10,12-14H,6-7,11H2,1-2H3,(H,26,27,31). The number of anilines is 1. The van der Waals surface area contributed by atoms with Gasteiger partial charge in [-0.25, -0.2) is 9.37 Å². The fourth-order valence-electron chi connectivity index (χ4n) is 3.58. The third-order valence-corrected chi connectivity index (χ3v) is 5.45. The molecule has 1 saturated carbocycles. The summed E-state index contributed by atoms with van der Waals surface area (Å²) < 4.78 is 18.4. The lowest BCUT2D eigenvalue weighted by molar-refractivity contribution is 0.102. The van der Waals surface area contributed by atoms with Crippen LogP contribution >= 0.6 is 0 Å². The molecule has 1 aliphatic rings. The van der Waals surface area contributed by atoms with E-state index in [2.05, 4.69) is 25.6 Å². The third kappa shape index (κ3) is 3.78. The number of hydrogen-bond donors (Lipinski definition) is 1. The highest BCUT2D eigenvalue weighted by atomic mass is 19.1. The zero-order valence-corrected chi connectivity index (χ0v) is 17.3. The van der Waals surface area contributed by atoms with Gasteiger partial charge >= 0.3 is 0 Å². The van der Waals surface area contributed by atoms with Crippen LogP contribution in [0.2, 0.25) is 0 Å². The summed E-state index contributed by atoms with van der Waals surface area (Å²) >= 11 is 0. The van der Waals surface area contributed by atoms with Crippen LogP contribution in [0.4, 0.5) is 10.2 Å². The maximum absolute atomic E-state index is 14.7. The van der Waals surface area contributed by atoms with Gasteiger partial charge in [-0.05, 0) is 56.9 Å². The van der Waals surface area contributed by atoms with Crippen LogP contribution in [0.3, 0.4) is 0 Å². The number of pyridine rings is 1. The summed E-state index contributed by atoms with van der Waals surface area (Å²) in [5.41, 5.74) is 1.29. The fraction of sp³-hybridized carbons (Fsp3) is 0.318. The molecule has 1 N–H and O–H groups in total. The number of benzene rings is 1. The first kappa shape index (κ1) is 19.3. The molecule has 0 spiro atoms. The molecule has 8 nitrogen and oxygen atoms in total. The molecule has 0 radical (unpaired) electrons. The lowest BCUT2D eigenvalue weighted by atomic mass is 10.1. The van der Waals surface area contributed by atoms with Gasteiger partial charge in [-0.2, -0.15) is 5.10 Å². The Balaban J connectivity index is 1.43. The van der Waals surface area contributed by atoms with Gasteiger partial charge in [0.25, 0.3) is 5.91 Å². The highest BCUT2D eigenvalue weighted by Crippen LogP contribution is 2.32. The number of aromatic nitrogens is 6. The summed E-state index contributed by atoms with van der Waals surface area (Å²) in [4.78, 5) is 17.3. The Hall–Kier alpha value is -3.62. The quantitative estimate of drug-likeness (QED) is 0.509. The van der Waals surface area contributed by atoms with E-state index in [9.17, 15) is 9.18 Å². The van der Waals surface area contributed by atoms with Gasteiger partial charge in [-0.3, -0.25) is 9.48 Å². The molecule has 1 aromatic carbocycles. The molecule has 9 heteroatoms. The predicted octanol–water partition coefficient (Wildman–Crippen LogP) is 4.07. The molecule has 1 amide bonds. The van der Waals surface area contributed by atoms with Crippen LogP contribution in [0.15, 0.2) is 42.9 Å². The maximum Gasteiger partial charge on any atom is 0.259 e. The van der Waals surface area contributed by atoms with Gasteiger partial charge in [0.15, 0.2) is 5.82 Å². The summed E-state index contributed by atoms with van der Waals surface area (Å²) in [6.07, 6.45) is 5.64. The Morgan fingerprint density at radius 2 is 2.13 bits per heavy atom. The van der Waals surface area contributed by atoms with E-state index < -0.39 is 11.7 Å². The SMILES string of the molecule is CC(C)n1cnnc1-c1cccc(NC(=O)c2cc3c(cnn3CC3CC3)cc2F)n1. The van der Waals surface area contributed by atoms with Gasteiger partial charge in [0.05, 0.1) is 17.3 Å². The number of halogens is 1. The number of rotatable bonds is 6. The van der Waals surface area contributed by atoms with Crippen molar-refractivity contribution in [3.8, 4) is 11.5 Å². The Labute approximate surface area is 178 Å². The van der Waals surface area contributed by atoms with Crippen LogP contribution in [-0.4, -0.2) is 35.4 Å². The lowest BCUT2D eigenvalue weighted by Gasteiger charge is -2.11. The smallest absolute Gasteiger partial charge is 0.259 e. The zero-order valence-electron chi connectivity index (χ0n) is 17.3. The highest BCUT2D eigenvalue weighted by molar-refractivity contribution is 6.06. The van der Waals surface area contributed by atoms with Crippen LogP contribution in [-0.2, 0) is 6.54 Å². The first-order valence-corrected chi connectivity index (χ1v) is 10.3. The zero-order chi connectivity index (χ0) is 21.5. The van der Waals surface area contributed by atoms with Crippen LogP contribution in [0.5, 0.6) is 0 Å². The van der Waals surface area contributed by atoms with Crippen molar-refractivity contribution in [1.29, 1.82) is 0 Å². The van der Waals surface area contributed by atoms with Crippen molar-refractivity contribution in [2.24, 2.45) is 5.92 Å². The number of amides is 1. The first-order chi connectivity index (χ1) is 15.0. The van der Waals surface area contributed by atoms with Crippen molar-refractivity contribution < 1.29 is 9.18 Å². The van der Waals surface area contributed by atoms with E-state index >= 15 is 0 Å². The minimum Gasteiger partial charge on any atom is -0.310 e. The highest BCUT2D eigenvalue weighted by Gasteiger charge is 2.24. The Morgan fingerprint density at radius 1 is 1.29 bits per heavy atom. The number of hydrogen-bond acceptors (Lipinski definition) is 5. The average molecular weight is 419 g/mol. The molecule has 5 rings (SSSR count). The summed E-state index contributed by atoms with van der Waals surface area (Å²) in [5.74, 6) is 0.375. The molecule has 31 heavy (non-hydrogen) atoms. The van der Waals surface area contributed by atoms with Crippen molar-refractivity contribution in [1.82, 2.24) is 29.5 Å². The van der Waals surface area contributed by atoms with Crippen molar-refractivity contribution in [3.63, 3.8) is 0 Å². The van der Waals surface area contributed by atoms with Crippen molar-refractivity contribution in [3.05, 3.63) is 54.2 Å². The van der Waals surface area contributed by atoms with Crippen molar-refractivity contribution >= 4 is 22.6 Å². The minimum absolute atomic E-state index is 0.0393. The molecule has 1 aliphatic carbocycles. The van der Waals surface area contributed by atoms with Crippen molar-refractivity contribution in [2.45, 2.75) is 39.3 Å². The molecule has 3 heterocycles. The molecule has 0 saturated heterocycles. The van der Waals surface area contributed by atoms with Crippen LogP contribution < -0.4 is 5.32 Å². The lowest BCUT2D eigenvalue weighted by Crippen LogP contribution is -2.15. The Bertz CT molecular complexity index is 1270. The van der Waals surface area contributed by atoms with Crippen LogP contribution in [0, 0.1) is 11.7 Å². The molecular weight excluding hydrogens is 397 g/mol. The monoisotopic (exact) mass is 419 g/mol. The average Bonchev–Trinajstić information content (AvgIpc) is 3.27. The number of fused-ring (bicyclic) bond motifs is 1. The van der Waals surface area contributed by atoms with E-state index in [0.717, 1.165) is 12.1 Å². The van der Waals surface area contributed by atoms with Crippen molar-refractivity contribution in [2.75, 3.05) is 5.32 Å². The summed E-state index contributed by atoms with van der Waals surface area (Å²) in [5, 5.41) is 15.8. The normalized spacial score (nSPS) is 13.8. The maximum atomic E-state index is 14.7. The van der Waals surface area contributed by atoms with Gasteiger partial charge in [0, 0.05) is 18.0 Å². The molecular formula is C22H22FN7O. The van der Waals surface area contributed by atoms with Gasteiger partial charge in [-0.15, -0.1) is 10.2 Å².